The lowest BCUT2D eigenvalue weighted by Crippen LogP contribution is -2.05. The van der Waals surface area contributed by atoms with Crippen molar-refractivity contribution >= 4 is 17.3 Å². The van der Waals surface area contributed by atoms with Crippen LogP contribution in [0.2, 0.25) is 5.02 Å². The molecule has 3 nitrogen and oxygen atoms in total. The van der Waals surface area contributed by atoms with Crippen LogP contribution in [-0.2, 0) is 19.6 Å². The monoisotopic (exact) mass is 421 g/mol. The number of hydrogen-bond donors (Lipinski definition) is 1. The predicted molar refractivity (Wildman–Crippen MR) is 126 cm³/mol. The van der Waals surface area contributed by atoms with Gasteiger partial charge in [0.15, 0.2) is 11.5 Å². The molecule has 3 aromatic rings. The Hall–Kier alpha value is -2.91. The normalized spacial score (nSPS) is 10.5. The highest BCUT2D eigenvalue weighted by Gasteiger charge is 2.13. The van der Waals surface area contributed by atoms with Crippen LogP contribution in [0.15, 0.2) is 67.3 Å². The second-order valence-corrected chi connectivity index (χ2v) is 7.78. The van der Waals surface area contributed by atoms with Gasteiger partial charge in [0, 0.05) is 22.8 Å². The van der Waals surface area contributed by atoms with Crippen LogP contribution in [0, 0.1) is 13.8 Å². The van der Waals surface area contributed by atoms with Gasteiger partial charge in [-0.3, -0.25) is 0 Å². The first-order chi connectivity index (χ1) is 14.5. The average molecular weight is 422 g/mol. The molecule has 0 spiro atoms. The zero-order valence-electron chi connectivity index (χ0n) is 17.8. The zero-order chi connectivity index (χ0) is 21.5. The molecule has 0 heterocycles. The van der Waals surface area contributed by atoms with Gasteiger partial charge in [-0.05, 0) is 61.2 Å². The lowest BCUT2D eigenvalue weighted by molar-refractivity contribution is 0.281. The summed E-state index contributed by atoms with van der Waals surface area (Å²) in [4.78, 5) is 0. The molecule has 0 fully saturated rings. The highest BCUT2D eigenvalue weighted by Crippen LogP contribution is 2.34. The minimum absolute atomic E-state index is 0.486. The second kappa shape index (κ2) is 10.2. The van der Waals surface area contributed by atoms with Crippen LogP contribution >= 0.6 is 11.6 Å². The van der Waals surface area contributed by atoms with Crippen LogP contribution in [-0.4, -0.2) is 7.11 Å². The Balaban J connectivity index is 1.79. The third-order valence-electron chi connectivity index (χ3n) is 4.95. The number of anilines is 1. The largest absolute Gasteiger partial charge is 0.493 e. The number of nitrogens with one attached hydrogen (secondary N) is 1. The fourth-order valence-corrected chi connectivity index (χ4v) is 3.38. The van der Waals surface area contributed by atoms with Crippen molar-refractivity contribution in [2.45, 2.75) is 33.4 Å². The second-order valence-electron chi connectivity index (χ2n) is 7.37. The molecule has 0 aromatic heterocycles. The number of benzene rings is 3. The maximum absolute atomic E-state index is 6.24. The molecule has 0 saturated heterocycles. The van der Waals surface area contributed by atoms with Gasteiger partial charge in [0.1, 0.15) is 6.61 Å². The molecule has 0 amide bonds. The van der Waals surface area contributed by atoms with Gasteiger partial charge in [-0.25, -0.2) is 0 Å². The van der Waals surface area contributed by atoms with E-state index in [1.807, 2.05) is 37.3 Å². The first-order valence-corrected chi connectivity index (χ1v) is 10.4. The molecule has 0 aliphatic carbocycles. The van der Waals surface area contributed by atoms with Crippen molar-refractivity contribution in [3.05, 3.63) is 100 Å². The van der Waals surface area contributed by atoms with Crippen molar-refractivity contribution < 1.29 is 9.47 Å². The highest BCUT2D eigenvalue weighted by molar-refractivity contribution is 6.31. The Kier molecular flexibility index (Phi) is 7.42. The van der Waals surface area contributed by atoms with Crippen LogP contribution in [0.5, 0.6) is 11.5 Å². The summed E-state index contributed by atoms with van der Waals surface area (Å²) in [5.41, 5.74) is 6.55. The van der Waals surface area contributed by atoms with Crippen LogP contribution in [0.3, 0.4) is 0 Å². The van der Waals surface area contributed by atoms with Crippen molar-refractivity contribution in [1.29, 1.82) is 0 Å². The highest BCUT2D eigenvalue weighted by atomic mass is 35.5. The van der Waals surface area contributed by atoms with Gasteiger partial charge in [0.05, 0.1) is 7.11 Å². The summed E-state index contributed by atoms with van der Waals surface area (Å²) in [5.74, 6) is 1.49. The summed E-state index contributed by atoms with van der Waals surface area (Å²) < 4.78 is 11.8. The fraction of sp³-hybridized carbons (Fsp3) is 0.231. The van der Waals surface area contributed by atoms with Crippen molar-refractivity contribution in [1.82, 2.24) is 0 Å². The number of ether oxygens (including phenoxy) is 2. The SMILES string of the molecule is C=CCc1cc(CNc2ccc(C)c(Cl)c2)cc(OC)c1OCc1ccc(C)cc1. The number of aryl methyl sites for hydroxylation is 2. The van der Waals surface area contributed by atoms with Gasteiger partial charge in [0.2, 0.25) is 0 Å². The van der Waals surface area contributed by atoms with E-state index in [2.05, 4.69) is 49.2 Å². The molecule has 0 saturated carbocycles. The van der Waals surface area contributed by atoms with Gasteiger partial charge in [-0.15, -0.1) is 6.58 Å². The Morgan fingerprint density at radius 1 is 1.00 bits per heavy atom. The average Bonchev–Trinajstić information content (AvgIpc) is 2.74. The first kappa shape index (κ1) is 21.8. The van der Waals surface area contributed by atoms with E-state index in [0.717, 1.165) is 44.5 Å². The molecule has 4 heteroatoms. The summed E-state index contributed by atoms with van der Waals surface area (Å²) in [5, 5.41) is 4.18. The van der Waals surface area contributed by atoms with E-state index in [4.69, 9.17) is 21.1 Å². The van der Waals surface area contributed by atoms with Gasteiger partial charge >= 0.3 is 0 Å². The topological polar surface area (TPSA) is 30.5 Å². The van der Waals surface area contributed by atoms with E-state index in [9.17, 15) is 0 Å². The molecule has 0 aliphatic rings. The van der Waals surface area contributed by atoms with Crippen LogP contribution in [0.25, 0.3) is 0 Å². The Morgan fingerprint density at radius 3 is 2.43 bits per heavy atom. The third kappa shape index (κ3) is 5.58. The molecular formula is C26H28ClNO2. The molecule has 3 rings (SSSR count). The van der Waals surface area contributed by atoms with Gasteiger partial charge in [-0.1, -0.05) is 53.6 Å². The summed E-state index contributed by atoms with van der Waals surface area (Å²) in [6, 6.07) is 18.5. The minimum atomic E-state index is 0.486. The summed E-state index contributed by atoms with van der Waals surface area (Å²) in [6.07, 6.45) is 2.58. The van der Waals surface area contributed by atoms with Crippen LogP contribution < -0.4 is 14.8 Å². The van der Waals surface area contributed by atoms with Crippen molar-refractivity contribution in [3.8, 4) is 11.5 Å². The molecule has 1 N–H and O–H groups in total. The molecule has 0 unspecified atom stereocenters. The van der Waals surface area contributed by atoms with Crippen LogP contribution in [0.1, 0.15) is 27.8 Å². The number of hydrogen-bond acceptors (Lipinski definition) is 3. The molecule has 156 valence electrons. The number of rotatable bonds is 9. The summed E-state index contributed by atoms with van der Waals surface area (Å²) >= 11 is 6.24. The summed E-state index contributed by atoms with van der Waals surface area (Å²) in [7, 11) is 1.67. The molecule has 0 atom stereocenters. The Bertz CT molecular complexity index is 1010. The number of methoxy groups -OCH3 is 1. The van der Waals surface area contributed by atoms with Gasteiger partial charge in [0.25, 0.3) is 0 Å². The molecular weight excluding hydrogens is 394 g/mol. The minimum Gasteiger partial charge on any atom is -0.493 e. The van der Waals surface area contributed by atoms with E-state index in [-0.39, 0.29) is 0 Å². The first-order valence-electron chi connectivity index (χ1n) is 9.99. The maximum atomic E-state index is 6.24. The molecule has 3 aromatic carbocycles. The molecule has 0 aliphatic heterocycles. The molecule has 0 radical (unpaired) electrons. The number of halogens is 1. The Morgan fingerprint density at radius 2 is 1.77 bits per heavy atom. The van der Waals surface area contributed by atoms with Crippen LogP contribution in [0.4, 0.5) is 5.69 Å². The predicted octanol–water partition coefficient (Wildman–Crippen LogP) is 6.89. The van der Waals surface area contributed by atoms with E-state index >= 15 is 0 Å². The van der Waals surface area contributed by atoms with Gasteiger partial charge in [-0.2, -0.15) is 0 Å². The lowest BCUT2D eigenvalue weighted by Gasteiger charge is -2.17. The summed E-state index contributed by atoms with van der Waals surface area (Å²) in [6.45, 7) is 9.10. The van der Waals surface area contributed by atoms with Crippen molar-refractivity contribution in [2.75, 3.05) is 12.4 Å². The van der Waals surface area contributed by atoms with E-state index in [0.29, 0.717) is 19.6 Å². The van der Waals surface area contributed by atoms with E-state index in [1.165, 1.54) is 5.56 Å². The zero-order valence-corrected chi connectivity index (χ0v) is 18.6. The lowest BCUT2D eigenvalue weighted by atomic mass is 10.0. The molecule has 0 bridgehead atoms. The number of allylic oxidation sites excluding steroid dienone is 1. The van der Waals surface area contributed by atoms with Crippen molar-refractivity contribution in [2.24, 2.45) is 0 Å². The third-order valence-corrected chi connectivity index (χ3v) is 5.36. The smallest absolute Gasteiger partial charge is 0.165 e. The molecule has 30 heavy (non-hydrogen) atoms. The fourth-order valence-electron chi connectivity index (χ4n) is 3.19. The van der Waals surface area contributed by atoms with E-state index < -0.39 is 0 Å². The maximum Gasteiger partial charge on any atom is 0.165 e. The standard InChI is InChI=1S/C26H28ClNO2/c1-5-6-22-13-21(16-28-23-12-9-19(3)24(27)15-23)14-25(29-4)26(22)30-17-20-10-7-18(2)8-11-20/h5,7-15,28H,1,6,16-17H2,2-4H3. The quantitative estimate of drug-likeness (QED) is 0.382. The Labute approximate surface area is 184 Å². The van der Waals surface area contributed by atoms with Gasteiger partial charge < -0.3 is 14.8 Å². The van der Waals surface area contributed by atoms with Crippen molar-refractivity contribution in [3.63, 3.8) is 0 Å². The van der Waals surface area contributed by atoms with E-state index in [1.54, 1.807) is 7.11 Å².